The van der Waals surface area contributed by atoms with E-state index in [-0.39, 0.29) is 0 Å². The molecule has 2 heteroatoms. The van der Waals surface area contributed by atoms with Crippen LogP contribution in [-0.4, -0.2) is 26.3 Å². The number of hydrogen-bond acceptors (Lipinski definition) is 2. The molecule has 0 aliphatic heterocycles. The van der Waals surface area contributed by atoms with Gasteiger partial charge in [0, 0.05) is 19.8 Å². The van der Waals surface area contributed by atoms with Crippen LogP contribution in [0.1, 0.15) is 46.5 Å². The zero-order valence-electron chi connectivity index (χ0n) is 10.8. The maximum atomic E-state index is 5.04. The van der Waals surface area contributed by atoms with E-state index in [0.717, 1.165) is 25.1 Å². The first-order valence-corrected chi connectivity index (χ1v) is 6.27. The highest BCUT2D eigenvalue weighted by atomic mass is 16.5. The van der Waals surface area contributed by atoms with Crippen molar-refractivity contribution in [1.82, 2.24) is 5.32 Å². The maximum absolute atomic E-state index is 5.04. The van der Waals surface area contributed by atoms with Gasteiger partial charge in [-0.2, -0.15) is 0 Å². The summed E-state index contributed by atoms with van der Waals surface area (Å²) < 4.78 is 5.04. The molecule has 0 radical (unpaired) electrons. The topological polar surface area (TPSA) is 21.3 Å². The third kappa shape index (κ3) is 4.52. The second kappa shape index (κ2) is 5.86. The van der Waals surface area contributed by atoms with Crippen LogP contribution in [0.2, 0.25) is 0 Å². The van der Waals surface area contributed by atoms with Crippen LogP contribution in [0.5, 0.6) is 0 Å². The predicted molar refractivity (Wildman–Crippen MR) is 65.1 cm³/mol. The minimum Gasteiger partial charge on any atom is -0.385 e. The van der Waals surface area contributed by atoms with Crippen molar-refractivity contribution < 1.29 is 4.74 Å². The standard InChI is InChI=1S/C13H27NO/c1-11-9-13(2,3)10-12(11)14-7-5-6-8-15-4/h11-12,14H,5-10H2,1-4H3. The van der Waals surface area contributed by atoms with Crippen molar-refractivity contribution >= 4 is 0 Å². The Morgan fingerprint density at radius 1 is 1.27 bits per heavy atom. The Bertz CT molecular complexity index is 179. The summed E-state index contributed by atoms with van der Waals surface area (Å²) in [5, 5.41) is 3.69. The second-order valence-electron chi connectivity index (χ2n) is 5.81. The van der Waals surface area contributed by atoms with Crippen LogP contribution in [0.15, 0.2) is 0 Å². The number of unbranched alkanes of at least 4 members (excludes halogenated alkanes) is 1. The van der Waals surface area contributed by atoms with Gasteiger partial charge in [0.1, 0.15) is 0 Å². The van der Waals surface area contributed by atoms with Gasteiger partial charge < -0.3 is 10.1 Å². The molecule has 0 heterocycles. The van der Waals surface area contributed by atoms with Crippen LogP contribution in [0.3, 0.4) is 0 Å². The van der Waals surface area contributed by atoms with Gasteiger partial charge >= 0.3 is 0 Å². The van der Waals surface area contributed by atoms with Crippen LogP contribution in [-0.2, 0) is 4.74 Å². The number of hydrogen-bond donors (Lipinski definition) is 1. The average molecular weight is 213 g/mol. The molecule has 0 amide bonds. The molecule has 0 bridgehead atoms. The molecule has 0 aromatic carbocycles. The molecule has 1 fully saturated rings. The van der Waals surface area contributed by atoms with Crippen molar-refractivity contribution in [1.29, 1.82) is 0 Å². The van der Waals surface area contributed by atoms with Gasteiger partial charge in [-0.3, -0.25) is 0 Å². The highest BCUT2D eigenvalue weighted by molar-refractivity contribution is 4.90. The van der Waals surface area contributed by atoms with Crippen molar-refractivity contribution in [2.24, 2.45) is 11.3 Å². The molecule has 1 aliphatic rings. The third-order valence-corrected chi connectivity index (χ3v) is 3.52. The van der Waals surface area contributed by atoms with E-state index in [1.54, 1.807) is 7.11 Å². The van der Waals surface area contributed by atoms with Gasteiger partial charge in [0.05, 0.1) is 0 Å². The zero-order chi connectivity index (χ0) is 11.3. The molecule has 15 heavy (non-hydrogen) atoms. The lowest BCUT2D eigenvalue weighted by atomic mass is 9.91. The van der Waals surface area contributed by atoms with Gasteiger partial charge in [-0.25, -0.2) is 0 Å². The molecule has 2 unspecified atom stereocenters. The lowest BCUT2D eigenvalue weighted by Gasteiger charge is -2.18. The van der Waals surface area contributed by atoms with E-state index >= 15 is 0 Å². The van der Waals surface area contributed by atoms with Crippen LogP contribution < -0.4 is 5.32 Å². The Morgan fingerprint density at radius 3 is 2.53 bits per heavy atom. The first kappa shape index (κ1) is 13.0. The molecule has 0 aromatic rings. The highest BCUT2D eigenvalue weighted by Crippen LogP contribution is 2.40. The van der Waals surface area contributed by atoms with Crippen molar-refractivity contribution in [2.75, 3.05) is 20.3 Å². The largest absolute Gasteiger partial charge is 0.385 e. The minimum atomic E-state index is 0.545. The van der Waals surface area contributed by atoms with Crippen molar-refractivity contribution in [2.45, 2.75) is 52.5 Å². The maximum Gasteiger partial charge on any atom is 0.0462 e. The Kier molecular flexibility index (Phi) is 5.07. The van der Waals surface area contributed by atoms with Crippen LogP contribution in [0, 0.1) is 11.3 Å². The number of rotatable bonds is 6. The van der Waals surface area contributed by atoms with Crippen LogP contribution in [0.4, 0.5) is 0 Å². The SMILES string of the molecule is COCCCCNC1CC(C)(C)CC1C. The summed E-state index contributed by atoms with van der Waals surface area (Å²) >= 11 is 0. The fourth-order valence-corrected chi connectivity index (χ4v) is 2.83. The van der Waals surface area contributed by atoms with Gasteiger partial charge in [-0.1, -0.05) is 20.8 Å². The Balaban J connectivity index is 2.11. The minimum absolute atomic E-state index is 0.545. The third-order valence-electron chi connectivity index (χ3n) is 3.52. The van der Waals surface area contributed by atoms with E-state index in [0.29, 0.717) is 5.41 Å². The second-order valence-corrected chi connectivity index (χ2v) is 5.81. The van der Waals surface area contributed by atoms with E-state index in [4.69, 9.17) is 4.74 Å². The van der Waals surface area contributed by atoms with Crippen molar-refractivity contribution in [3.63, 3.8) is 0 Å². The molecule has 2 atom stereocenters. The van der Waals surface area contributed by atoms with Crippen molar-refractivity contribution in [3.8, 4) is 0 Å². The fourth-order valence-electron chi connectivity index (χ4n) is 2.83. The molecular weight excluding hydrogens is 186 g/mol. The van der Waals surface area contributed by atoms with E-state index in [1.807, 2.05) is 0 Å². The molecule has 1 saturated carbocycles. The lowest BCUT2D eigenvalue weighted by molar-refractivity contribution is 0.192. The summed E-state index contributed by atoms with van der Waals surface area (Å²) in [6.45, 7) is 9.19. The summed E-state index contributed by atoms with van der Waals surface area (Å²) in [5.41, 5.74) is 0.545. The first-order valence-electron chi connectivity index (χ1n) is 6.27. The molecule has 0 spiro atoms. The molecule has 1 aliphatic carbocycles. The van der Waals surface area contributed by atoms with E-state index in [1.165, 1.54) is 25.7 Å². The molecular formula is C13H27NO. The molecule has 90 valence electrons. The van der Waals surface area contributed by atoms with Gasteiger partial charge in [0.15, 0.2) is 0 Å². The van der Waals surface area contributed by atoms with Gasteiger partial charge in [-0.15, -0.1) is 0 Å². The molecule has 2 nitrogen and oxygen atoms in total. The quantitative estimate of drug-likeness (QED) is 0.685. The normalized spacial score (nSPS) is 29.6. The van der Waals surface area contributed by atoms with Gasteiger partial charge in [-0.05, 0) is 43.6 Å². The average Bonchev–Trinajstić information content (AvgIpc) is 2.39. The van der Waals surface area contributed by atoms with Gasteiger partial charge in [0.2, 0.25) is 0 Å². The summed E-state index contributed by atoms with van der Waals surface area (Å²) in [6.07, 6.45) is 5.10. The molecule has 1 rings (SSSR count). The molecule has 0 saturated heterocycles. The zero-order valence-corrected chi connectivity index (χ0v) is 10.8. The lowest BCUT2D eigenvalue weighted by Crippen LogP contribution is -2.32. The molecule has 1 N–H and O–H groups in total. The van der Waals surface area contributed by atoms with E-state index in [2.05, 4.69) is 26.1 Å². The Labute approximate surface area is 94.8 Å². The fraction of sp³-hybridized carbons (Fsp3) is 1.00. The summed E-state index contributed by atoms with van der Waals surface area (Å²) in [4.78, 5) is 0. The van der Waals surface area contributed by atoms with E-state index < -0.39 is 0 Å². The van der Waals surface area contributed by atoms with Gasteiger partial charge in [0.25, 0.3) is 0 Å². The Hall–Kier alpha value is -0.0800. The number of nitrogens with one attached hydrogen (secondary N) is 1. The predicted octanol–water partition coefficient (Wildman–Crippen LogP) is 2.83. The highest BCUT2D eigenvalue weighted by Gasteiger charge is 2.35. The summed E-state index contributed by atoms with van der Waals surface area (Å²) in [7, 11) is 1.77. The smallest absolute Gasteiger partial charge is 0.0462 e. The monoisotopic (exact) mass is 213 g/mol. The first-order chi connectivity index (χ1) is 7.05. The van der Waals surface area contributed by atoms with Crippen molar-refractivity contribution in [3.05, 3.63) is 0 Å². The number of ether oxygens (including phenoxy) is 1. The summed E-state index contributed by atoms with van der Waals surface area (Å²) in [6, 6.07) is 0.738. The van der Waals surface area contributed by atoms with E-state index in [9.17, 15) is 0 Å². The van der Waals surface area contributed by atoms with Crippen LogP contribution >= 0.6 is 0 Å². The molecule has 0 aromatic heterocycles. The number of methoxy groups -OCH3 is 1. The summed E-state index contributed by atoms with van der Waals surface area (Å²) in [5.74, 6) is 0.836. The van der Waals surface area contributed by atoms with Crippen LogP contribution in [0.25, 0.3) is 0 Å². The Morgan fingerprint density at radius 2 is 2.00 bits per heavy atom.